The molecule has 16 nitrogen and oxygen atoms in total. The second kappa shape index (κ2) is 25.9. The maximum Gasteiger partial charge on any atom is 0.401 e. The third-order valence-corrected chi connectivity index (χ3v) is 12.3. The van der Waals surface area contributed by atoms with Crippen LogP contribution in [0, 0.1) is 0 Å². The van der Waals surface area contributed by atoms with Crippen molar-refractivity contribution < 1.29 is 122 Å². The van der Waals surface area contributed by atoms with Crippen LogP contribution < -0.4 is 17.0 Å². The molecular weight excluding hydrogens is 1090 g/mol. The molecule has 4 fully saturated rings. The molecule has 7 heterocycles. The van der Waals surface area contributed by atoms with E-state index in [0.717, 1.165) is 17.3 Å². The van der Waals surface area contributed by atoms with Crippen molar-refractivity contribution in [2.75, 3.05) is 47.6 Å². The number of alkyl halides is 10. The number of aliphatic hydroxyl groups is 8. The van der Waals surface area contributed by atoms with Gasteiger partial charge in [-0.15, -0.1) is 22.7 Å². The summed E-state index contributed by atoms with van der Waals surface area (Å²) in [6.45, 7) is 1.79. The highest BCUT2D eigenvalue weighted by atomic mass is 79.9. The number of fused-ring (bicyclic) bond motifs is 5. The van der Waals surface area contributed by atoms with E-state index in [1.165, 1.54) is 29.8 Å². The number of thiophene rings is 2. The fraction of sp³-hybridized carbons (Fsp3) is 0.667. The molecule has 4 saturated heterocycles. The molecule has 7 rings (SSSR count). The van der Waals surface area contributed by atoms with Gasteiger partial charge in [-0.05, 0) is 76.2 Å². The summed E-state index contributed by atoms with van der Waals surface area (Å²) in [4.78, 5) is 21.3. The first-order chi connectivity index (χ1) is 29.4. The number of halogens is 11. The molecule has 376 valence electrons. The number of ether oxygens (including phenoxy) is 5. The lowest BCUT2D eigenvalue weighted by Gasteiger charge is -2.45. The van der Waals surface area contributed by atoms with Gasteiger partial charge in [0.05, 0.1) is 43.7 Å². The highest BCUT2D eigenvalue weighted by Gasteiger charge is 2.71. The maximum absolute atomic E-state index is 13.1. The third kappa shape index (κ3) is 17.1. The molecule has 3 unspecified atom stereocenters. The number of likely N-dealkylation sites (N-methyl/N-ethyl adjacent to an activating group) is 1. The Morgan fingerprint density at radius 1 is 0.938 bits per heavy atom. The molecule has 2 bridgehead atoms. The first-order valence-electron chi connectivity index (χ1n) is 18.5. The number of carbonyl (C=O) groups excluding carboxylic acids is 2. The minimum Gasteiger partial charge on any atom is -1.00 e. The van der Waals surface area contributed by atoms with E-state index >= 15 is 0 Å². The average Bonchev–Trinajstić information content (AvgIpc) is 3.63. The fourth-order valence-electron chi connectivity index (χ4n) is 6.63. The predicted octanol–water partition coefficient (Wildman–Crippen LogP) is 1.36. The SMILES string of the molecule is CCO.COCC1OCC(O)C1O.C[N+]1(C)[C@@H]2C[C@@H](OC(=O)C(O)(c3cccs3)c3cccs3)C[C@H]1[C@@H]1O[C@@H]12.FC(F)(Cl)C(F)(F)Cl.FC(F)(Cl)Cl.O=C1O[C@H]([C@@H](O)CO)C(O)=C1O.[Br-]. The molecule has 29 heteroatoms. The number of quaternary nitrogens is 1. The number of methoxy groups -OCH3 is 1. The molecule has 0 amide bonds. The highest BCUT2D eigenvalue weighted by Crippen LogP contribution is 2.52. The Balaban J connectivity index is 0.000000455. The number of esters is 2. The Hall–Kier alpha value is -1.50. The second-order valence-electron chi connectivity index (χ2n) is 14.4. The van der Waals surface area contributed by atoms with Crippen molar-refractivity contribution in [1.29, 1.82) is 0 Å². The number of rotatable bonds is 9. The molecule has 10 atom stereocenters. The predicted molar refractivity (Wildman–Crippen MR) is 219 cm³/mol. The van der Waals surface area contributed by atoms with Gasteiger partial charge < -0.3 is 86.0 Å². The summed E-state index contributed by atoms with van der Waals surface area (Å²) in [7, 11) is 6.02. The Kier molecular flexibility index (Phi) is 24.5. The van der Waals surface area contributed by atoms with Crippen molar-refractivity contribution in [2.45, 2.75) is 102 Å². The average molecular weight is 1130 g/mol. The van der Waals surface area contributed by atoms with Crippen LogP contribution in [0.5, 0.6) is 0 Å². The van der Waals surface area contributed by atoms with Gasteiger partial charge in [0, 0.05) is 26.6 Å². The van der Waals surface area contributed by atoms with E-state index < -0.39 is 75.7 Å². The van der Waals surface area contributed by atoms with Gasteiger partial charge in [0.15, 0.2) is 11.9 Å². The lowest BCUT2D eigenvalue weighted by Crippen LogP contribution is -3.00. The molecule has 0 spiro atoms. The van der Waals surface area contributed by atoms with Crippen LogP contribution >= 0.6 is 69.1 Å². The summed E-state index contributed by atoms with van der Waals surface area (Å²) in [5.41, 5.74) is -1.72. The van der Waals surface area contributed by atoms with Gasteiger partial charge in [-0.2, -0.15) is 26.3 Å². The van der Waals surface area contributed by atoms with Crippen molar-refractivity contribution in [1.82, 2.24) is 0 Å². The maximum atomic E-state index is 13.1. The smallest absolute Gasteiger partial charge is 0.401 e. The standard InChI is InChI=1S/C19H22NO4S2.C6H8O6.C6H12O4.C2Cl2F4.C2H6O.CCl2F2.BrH/c1-20(2)12-9-11(10-13(20)17-16(12)24-17)23-18(21)19(22,14-5-3-7-25-14)15-6-4-8-26-15;7-1-2(8)5-3(9)4(10)6(11)12-5;1-9-3-5-6(8)4(7)2-10-5;3-1(5,6)2(4,7)8;1-2-3;2-1(3,4)5;/h3-8,11-13,16-17,22H,9-10H2,1-2H3;2,5,7-10H,1H2;4-8H,2-3H2,1H3;;3H,2H2,1H3;;1H/q+1;;;;;;/p-1/t11-,12-,13+,16-,17+;2-,5+;;;;;/m.0...../s1. The summed E-state index contributed by atoms with van der Waals surface area (Å²) < 4.78 is 92.3. The quantitative estimate of drug-likeness (QED) is 0.0581. The number of epoxide rings is 1. The van der Waals surface area contributed by atoms with Crippen molar-refractivity contribution in [3.63, 3.8) is 0 Å². The number of nitrogens with zero attached hydrogens (tertiary/aromatic N) is 1. The van der Waals surface area contributed by atoms with E-state index in [1.807, 2.05) is 22.9 Å². The molecule has 2 aromatic rings. The number of hydrogen-bond donors (Lipinski definition) is 8. The van der Waals surface area contributed by atoms with Crippen molar-refractivity contribution in [2.24, 2.45) is 0 Å². The van der Waals surface area contributed by atoms with Gasteiger partial charge >= 0.3 is 27.5 Å². The minimum atomic E-state index is -4.66. The molecule has 5 aliphatic rings. The molecule has 0 aromatic carbocycles. The zero-order chi connectivity index (χ0) is 49.2. The molecule has 8 N–H and O–H groups in total. The topological polar surface area (TPSA) is 245 Å². The highest BCUT2D eigenvalue weighted by molar-refractivity contribution is 7.12. The Morgan fingerprint density at radius 3 is 1.69 bits per heavy atom. The lowest BCUT2D eigenvalue weighted by atomic mass is 9.95. The third-order valence-electron chi connectivity index (χ3n) is 9.75. The van der Waals surface area contributed by atoms with E-state index in [0.29, 0.717) is 40.7 Å². The minimum absolute atomic E-state index is 0. The van der Waals surface area contributed by atoms with Crippen LogP contribution in [0.4, 0.5) is 26.3 Å². The molecular formula is C36H48BrCl4F6NO15S2. The van der Waals surface area contributed by atoms with Crippen LogP contribution in [0.3, 0.4) is 0 Å². The molecule has 0 aliphatic carbocycles. The van der Waals surface area contributed by atoms with Gasteiger partial charge in [0.2, 0.25) is 11.4 Å². The van der Waals surface area contributed by atoms with Crippen LogP contribution in [-0.4, -0.2) is 181 Å². The van der Waals surface area contributed by atoms with Crippen LogP contribution in [0.1, 0.15) is 29.5 Å². The molecule has 0 radical (unpaired) electrons. The Morgan fingerprint density at radius 2 is 1.38 bits per heavy atom. The fourth-order valence-corrected chi connectivity index (χ4v) is 8.34. The molecule has 2 aromatic heterocycles. The second-order valence-corrected chi connectivity index (χ2v) is 18.4. The van der Waals surface area contributed by atoms with Gasteiger partial charge in [-0.25, -0.2) is 9.59 Å². The number of hydrogen-bond acceptors (Lipinski definition) is 17. The summed E-state index contributed by atoms with van der Waals surface area (Å²) in [6.07, 6.45) is -2.63. The number of morpholine rings is 1. The van der Waals surface area contributed by atoms with Crippen molar-refractivity contribution in [3.8, 4) is 0 Å². The zero-order valence-corrected chi connectivity index (χ0v) is 40.6. The van der Waals surface area contributed by atoms with Gasteiger partial charge in [-0.1, -0.05) is 12.1 Å². The number of aliphatic hydroxyl groups excluding tert-OH is 7. The Labute approximate surface area is 406 Å². The van der Waals surface area contributed by atoms with E-state index in [1.54, 1.807) is 19.1 Å². The first-order valence-corrected chi connectivity index (χ1v) is 21.8. The van der Waals surface area contributed by atoms with Gasteiger partial charge in [-0.3, -0.25) is 0 Å². The van der Waals surface area contributed by atoms with Crippen LogP contribution in [0.25, 0.3) is 0 Å². The summed E-state index contributed by atoms with van der Waals surface area (Å²) in [5, 5.41) is 66.5. The van der Waals surface area contributed by atoms with Crippen LogP contribution in [0.15, 0.2) is 46.5 Å². The summed E-state index contributed by atoms with van der Waals surface area (Å²) in [6, 6.07) is 8.01. The van der Waals surface area contributed by atoms with E-state index in [4.69, 9.17) is 54.7 Å². The van der Waals surface area contributed by atoms with E-state index in [-0.39, 0.29) is 42.4 Å². The molecule has 5 aliphatic heterocycles. The number of piperidine rings is 1. The monoisotopic (exact) mass is 1130 g/mol. The molecule has 0 saturated carbocycles. The number of carbonyl (C=O) groups is 2. The summed E-state index contributed by atoms with van der Waals surface area (Å²) in [5.74, 6) is -3.34. The largest absolute Gasteiger partial charge is 1.00 e. The first kappa shape index (κ1) is 61.5. The Bertz CT molecular complexity index is 1710. The number of cyclic esters (lactones) is 1. The zero-order valence-electron chi connectivity index (χ0n) is 34.3. The van der Waals surface area contributed by atoms with Crippen LogP contribution in [-0.2, 0) is 38.9 Å². The lowest BCUT2D eigenvalue weighted by molar-refractivity contribution is -0.938. The molecule has 65 heavy (non-hydrogen) atoms. The van der Waals surface area contributed by atoms with Crippen LogP contribution in [0.2, 0.25) is 0 Å². The van der Waals surface area contributed by atoms with E-state index in [2.05, 4.69) is 65.2 Å². The van der Waals surface area contributed by atoms with Gasteiger partial charge in [0.25, 0.3) is 0 Å². The van der Waals surface area contributed by atoms with Crippen molar-refractivity contribution >= 4 is 81.0 Å². The summed E-state index contributed by atoms with van der Waals surface area (Å²) >= 11 is 18.3. The van der Waals surface area contributed by atoms with Crippen molar-refractivity contribution in [3.05, 3.63) is 56.3 Å². The van der Waals surface area contributed by atoms with E-state index in [9.17, 15) is 41.0 Å². The van der Waals surface area contributed by atoms with Gasteiger partial charge in [0.1, 0.15) is 54.8 Å². The normalized spacial score (nSPS) is 27.7.